The fourth-order valence-electron chi connectivity index (χ4n) is 1.08. The number of rotatable bonds is 4. The molecule has 0 saturated carbocycles. The van der Waals surface area contributed by atoms with Crippen LogP contribution in [0.15, 0.2) is 12.3 Å². The van der Waals surface area contributed by atoms with E-state index in [1.165, 1.54) is 0 Å². The molecule has 0 amide bonds. The Morgan fingerprint density at radius 1 is 1.75 bits per heavy atom. The molecule has 1 unspecified atom stereocenters. The molecule has 0 aliphatic heterocycles. The highest BCUT2D eigenvalue weighted by molar-refractivity contribution is 5.05. The summed E-state index contributed by atoms with van der Waals surface area (Å²) in [7, 11) is 1.88. The van der Waals surface area contributed by atoms with Crippen LogP contribution in [0.3, 0.4) is 0 Å². The second-order valence-corrected chi connectivity index (χ2v) is 2.65. The monoisotopic (exact) mass is 169 g/mol. The number of aryl methyl sites for hydroxylation is 1. The van der Waals surface area contributed by atoms with E-state index in [0.717, 1.165) is 5.69 Å². The molecule has 0 aliphatic rings. The first kappa shape index (κ1) is 9.22. The van der Waals surface area contributed by atoms with E-state index in [1.807, 2.05) is 20.0 Å². The smallest absolute Gasteiger partial charge is 0.0704 e. The number of ether oxygens (including phenoxy) is 1. The van der Waals surface area contributed by atoms with Crippen molar-refractivity contribution < 1.29 is 4.74 Å². The number of hydrogen-bond donors (Lipinski definition) is 1. The lowest BCUT2D eigenvalue weighted by molar-refractivity contribution is 0.131. The minimum atomic E-state index is -0.0718. The van der Waals surface area contributed by atoms with E-state index >= 15 is 0 Å². The third-order valence-corrected chi connectivity index (χ3v) is 1.74. The number of aromatic nitrogens is 2. The third-order valence-electron chi connectivity index (χ3n) is 1.74. The lowest BCUT2D eigenvalue weighted by Gasteiger charge is -2.11. The van der Waals surface area contributed by atoms with E-state index in [0.29, 0.717) is 13.2 Å². The standard InChI is InChI=1S/C8H15N3O/c1-3-12-6-7(9)8-4-5-10-11(8)2/h4-5,7H,3,6,9H2,1-2H3. The Morgan fingerprint density at radius 3 is 3.00 bits per heavy atom. The van der Waals surface area contributed by atoms with Gasteiger partial charge in [-0.3, -0.25) is 4.68 Å². The molecule has 1 heterocycles. The summed E-state index contributed by atoms with van der Waals surface area (Å²) in [6.45, 7) is 3.21. The minimum Gasteiger partial charge on any atom is -0.380 e. The number of nitrogens with zero attached hydrogens (tertiary/aromatic N) is 2. The van der Waals surface area contributed by atoms with Gasteiger partial charge in [0.15, 0.2) is 0 Å². The van der Waals surface area contributed by atoms with Crippen molar-refractivity contribution >= 4 is 0 Å². The summed E-state index contributed by atoms with van der Waals surface area (Å²) in [6, 6.07) is 1.83. The molecule has 0 fully saturated rings. The summed E-state index contributed by atoms with van der Waals surface area (Å²) in [5.41, 5.74) is 6.84. The van der Waals surface area contributed by atoms with Crippen molar-refractivity contribution in [2.75, 3.05) is 13.2 Å². The highest BCUT2D eigenvalue weighted by Crippen LogP contribution is 2.07. The molecule has 4 nitrogen and oxygen atoms in total. The Balaban J connectivity index is 2.52. The second-order valence-electron chi connectivity index (χ2n) is 2.65. The second kappa shape index (κ2) is 4.23. The fourth-order valence-corrected chi connectivity index (χ4v) is 1.08. The van der Waals surface area contributed by atoms with Crippen molar-refractivity contribution in [2.45, 2.75) is 13.0 Å². The normalized spacial score (nSPS) is 13.2. The van der Waals surface area contributed by atoms with Crippen LogP contribution in [0.2, 0.25) is 0 Å². The highest BCUT2D eigenvalue weighted by atomic mass is 16.5. The number of nitrogens with two attached hydrogens (primary N) is 1. The van der Waals surface area contributed by atoms with Crippen molar-refractivity contribution in [3.05, 3.63) is 18.0 Å². The topological polar surface area (TPSA) is 53.1 Å². The van der Waals surface area contributed by atoms with Crippen LogP contribution in [0.4, 0.5) is 0 Å². The van der Waals surface area contributed by atoms with Crippen LogP contribution in [-0.4, -0.2) is 23.0 Å². The molecule has 0 spiro atoms. The SMILES string of the molecule is CCOCC(N)c1ccnn1C. The lowest BCUT2D eigenvalue weighted by Crippen LogP contribution is -2.20. The molecular formula is C8H15N3O. The van der Waals surface area contributed by atoms with Crippen molar-refractivity contribution in [1.82, 2.24) is 9.78 Å². The number of hydrogen-bond acceptors (Lipinski definition) is 3. The predicted octanol–water partition coefficient (Wildman–Crippen LogP) is 0.456. The van der Waals surface area contributed by atoms with Crippen molar-refractivity contribution in [1.29, 1.82) is 0 Å². The van der Waals surface area contributed by atoms with Crippen LogP contribution in [0.1, 0.15) is 18.7 Å². The molecule has 0 saturated heterocycles. The van der Waals surface area contributed by atoms with E-state index < -0.39 is 0 Å². The Morgan fingerprint density at radius 2 is 2.50 bits per heavy atom. The predicted molar refractivity (Wildman–Crippen MR) is 46.6 cm³/mol. The van der Waals surface area contributed by atoms with Gasteiger partial charge in [0, 0.05) is 19.9 Å². The van der Waals surface area contributed by atoms with Crippen LogP contribution < -0.4 is 5.73 Å². The van der Waals surface area contributed by atoms with Gasteiger partial charge in [-0.05, 0) is 13.0 Å². The largest absolute Gasteiger partial charge is 0.380 e. The highest BCUT2D eigenvalue weighted by Gasteiger charge is 2.08. The maximum absolute atomic E-state index is 5.84. The Labute approximate surface area is 72.3 Å². The van der Waals surface area contributed by atoms with Crippen LogP contribution in [-0.2, 0) is 11.8 Å². The quantitative estimate of drug-likeness (QED) is 0.712. The van der Waals surface area contributed by atoms with Crippen LogP contribution in [0, 0.1) is 0 Å². The van der Waals surface area contributed by atoms with Gasteiger partial charge < -0.3 is 10.5 Å². The average molecular weight is 169 g/mol. The van der Waals surface area contributed by atoms with Gasteiger partial charge in [0.05, 0.1) is 18.3 Å². The third kappa shape index (κ3) is 2.06. The molecule has 0 aromatic carbocycles. The Kier molecular flexibility index (Phi) is 3.25. The molecule has 1 atom stereocenters. The summed E-state index contributed by atoms with van der Waals surface area (Å²) in [6.07, 6.45) is 1.74. The molecule has 1 aromatic rings. The zero-order valence-electron chi connectivity index (χ0n) is 7.53. The van der Waals surface area contributed by atoms with Crippen molar-refractivity contribution in [2.24, 2.45) is 12.8 Å². The van der Waals surface area contributed by atoms with Gasteiger partial charge in [-0.1, -0.05) is 0 Å². The lowest BCUT2D eigenvalue weighted by atomic mass is 10.2. The molecule has 0 aliphatic carbocycles. The van der Waals surface area contributed by atoms with Crippen molar-refractivity contribution in [3.8, 4) is 0 Å². The van der Waals surface area contributed by atoms with Crippen LogP contribution in [0.5, 0.6) is 0 Å². The minimum absolute atomic E-state index is 0.0718. The van der Waals surface area contributed by atoms with Crippen LogP contribution >= 0.6 is 0 Å². The fraction of sp³-hybridized carbons (Fsp3) is 0.625. The van der Waals surface area contributed by atoms with E-state index in [4.69, 9.17) is 10.5 Å². The molecular weight excluding hydrogens is 154 g/mol. The van der Waals surface area contributed by atoms with Crippen LogP contribution in [0.25, 0.3) is 0 Å². The molecule has 0 radical (unpaired) electrons. The summed E-state index contributed by atoms with van der Waals surface area (Å²) in [5.74, 6) is 0. The molecule has 1 aromatic heterocycles. The first-order valence-electron chi connectivity index (χ1n) is 4.07. The van der Waals surface area contributed by atoms with Gasteiger partial charge in [0.25, 0.3) is 0 Å². The first-order chi connectivity index (χ1) is 5.75. The van der Waals surface area contributed by atoms with Crippen molar-refractivity contribution in [3.63, 3.8) is 0 Å². The molecule has 2 N–H and O–H groups in total. The molecule has 0 bridgehead atoms. The maximum atomic E-state index is 5.84. The van der Waals surface area contributed by atoms with E-state index in [1.54, 1.807) is 10.9 Å². The molecule has 12 heavy (non-hydrogen) atoms. The summed E-state index contributed by atoms with van der Waals surface area (Å²) in [5, 5.41) is 4.03. The average Bonchev–Trinajstić information content (AvgIpc) is 2.47. The van der Waals surface area contributed by atoms with E-state index in [-0.39, 0.29) is 6.04 Å². The Bertz CT molecular complexity index is 234. The zero-order chi connectivity index (χ0) is 8.97. The van der Waals surface area contributed by atoms with Gasteiger partial charge >= 0.3 is 0 Å². The van der Waals surface area contributed by atoms with Gasteiger partial charge in [-0.15, -0.1) is 0 Å². The molecule has 68 valence electrons. The zero-order valence-corrected chi connectivity index (χ0v) is 7.53. The van der Waals surface area contributed by atoms with Gasteiger partial charge in [0.2, 0.25) is 0 Å². The van der Waals surface area contributed by atoms with Gasteiger partial charge in [0.1, 0.15) is 0 Å². The van der Waals surface area contributed by atoms with E-state index in [2.05, 4.69) is 5.10 Å². The molecule has 4 heteroatoms. The van der Waals surface area contributed by atoms with Gasteiger partial charge in [-0.25, -0.2) is 0 Å². The summed E-state index contributed by atoms with van der Waals surface area (Å²) < 4.78 is 6.98. The Hall–Kier alpha value is -0.870. The molecule has 1 rings (SSSR count). The van der Waals surface area contributed by atoms with E-state index in [9.17, 15) is 0 Å². The summed E-state index contributed by atoms with van der Waals surface area (Å²) in [4.78, 5) is 0. The maximum Gasteiger partial charge on any atom is 0.0704 e. The van der Waals surface area contributed by atoms with Gasteiger partial charge in [-0.2, -0.15) is 5.10 Å². The summed E-state index contributed by atoms with van der Waals surface area (Å²) >= 11 is 0. The first-order valence-corrected chi connectivity index (χ1v) is 4.07.